The van der Waals surface area contributed by atoms with E-state index in [4.69, 9.17) is 10.5 Å². The first-order valence-corrected chi connectivity index (χ1v) is 5.59. The zero-order valence-electron chi connectivity index (χ0n) is 10.3. The van der Waals surface area contributed by atoms with Crippen LogP contribution in [0.4, 0.5) is 5.69 Å². The van der Waals surface area contributed by atoms with Gasteiger partial charge in [0.1, 0.15) is 0 Å². The molecule has 0 radical (unpaired) electrons. The summed E-state index contributed by atoms with van der Waals surface area (Å²) < 4.78 is 4.95. The van der Waals surface area contributed by atoms with E-state index in [0.29, 0.717) is 0 Å². The fourth-order valence-corrected chi connectivity index (χ4v) is 1.64. The van der Waals surface area contributed by atoms with E-state index in [1.165, 1.54) is 13.2 Å². The predicted molar refractivity (Wildman–Crippen MR) is 66.0 cm³/mol. The molecule has 0 bridgehead atoms. The molecule has 0 saturated heterocycles. The van der Waals surface area contributed by atoms with E-state index in [-0.39, 0.29) is 23.4 Å². The summed E-state index contributed by atoms with van der Waals surface area (Å²) in [5.41, 5.74) is 6.78. The van der Waals surface area contributed by atoms with E-state index in [9.17, 15) is 10.1 Å². The molecule has 0 heterocycles. The Labute approximate surface area is 101 Å². The maximum atomic E-state index is 10.9. The molecule has 0 aromatic heterocycles. The molecule has 2 N–H and O–H groups in total. The van der Waals surface area contributed by atoms with Gasteiger partial charge in [-0.2, -0.15) is 0 Å². The first-order valence-electron chi connectivity index (χ1n) is 5.59. The van der Waals surface area contributed by atoms with Crippen LogP contribution in [0.1, 0.15) is 31.9 Å². The first-order chi connectivity index (χ1) is 8.01. The van der Waals surface area contributed by atoms with Gasteiger partial charge in [0.15, 0.2) is 5.75 Å². The van der Waals surface area contributed by atoms with Crippen LogP contribution in [0.25, 0.3) is 0 Å². The lowest BCUT2D eigenvalue weighted by atomic mass is 9.93. The molecule has 0 saturated carbocycles. The van der Waals surface area contributed by atoms with Gasteiger partial charge in [0, 0.05) is 12.1 Å². The first kappa shape index (κ1) is 13.4. The Kier molecular flexibility index (Phi) is 4.45. The van der Waals surface area contributed by atoms with Crippen LogP contribution in [0.15, 0.2) is 18.2 Å². The summed E-state index contributed by atoms with van der Waals surface area (Å²) in [6.45, 7) is 4.07. The quantitative estimate of drug-likeness (QED) is 0.631. The van der Waals surface area contributed by atoms with Crippen molar-refractivity contribution in [3.63, 3.8) is 0 Å². The molecule has 5 heteroatoms. The fourth-order valence-electron chi connectivity index (χ4n) is 1.64. The summed E-state index contributed by atoms with van der Waals surface area (Å²) in [4.78, 5) is 10.4. The summed E-state index contributed by atoms with van der Waals surface area (Å²) in [5.74, 6) is 0.540. The average molecular weight is 238 g/mol. The minimum atomic E-state index is -0.453. The third-order valence-corrected chi connectivity index (χ3v) is 3.04. The number of nitro groups is 1. The van der Waals surface area contributed by atoms with Gasteiger partial charge in [0.05, 0.1) is 12.0 Å². The minimum Gasteiger partial charge on any atom is -0.490 e. The Morgan fingerprint density at radius 1 is 1.53 bits per heavy atom. The molecule has 17 heavy (non-hydrogen) atoms. The maximum absolute atomic E-state index is 10.9. The van der Waals surface area contributed by atoms with Crippen molar-refractivity contribution in [2.75, 3.05) is 7.11 Å². The molecule has 1 aromatic carbocycles. The number of rotatable bonds is 5. The number of hydrogen-bond donors (Lipinski definition) is 1. The van der Waals surface area contributed by atoms with Crippen LogP contribution < -0.4 is 10.5 Å². The smallest absolute Gasteiger partial charge is 0.311 e. The minimum absolute atomic E-state index is 0.0382. The van der Waals surface area contributed by atoms with Gasteiger partial charge in [-0.15, -0.1) is 0 Å². The summed E-state index contributed by atoms with van der Waals surface area (Å²) in [6, 6.07) is 4.68. The molecule has 0 aliphatic rings. The van der Waals surface area contributed by atoms with Crippen LogP contribution in [0.5, 0.6) is 5.75 Å². The number of methoxy groups -OCH3 is 1. The molecule has 0 spiro atoms. The molecule has 0 amide bonds. The molecule has 1 rings (SSSR count). The number of ether oxygens (including phenoxy) is 1. The molecule has 0 fully saturated rings. The normalized spacial score (nSPS) is 14.1. The maximum Gasteiger partial charge on any atom is 0.311 e. The topological polar surface area (TPSA) is 78.4 Å². The lowest BCUT2D eigenvalue weighted by molar-refractivity contribution is -0.385. The summed E-state index contributed by atoms with van der Waals surface area (Å²) in [6.07, 6.45) is 0.932. The Balaban J connectivity index is 3.12. The van der Waals surface area contributed by atoms with Crippen LogP contribution in [-0.2, 0) is 0 Å². The summed E-state index contributed by atoms with van der Waals surface area (Å²) >= 11 is 0. The summed E-state index contributed by atoms with van der Waals surface area (Å²) in [7, 11) is 1.41. The molecular formula is C12H18N2O3. The highest BCUT2D eigenvalue weighted by molar-refractivity contribution is 5.49. The standard InChI is InChI=1S/C12H18N2O3/c1-4-8(2)12(13)9-5-6-11(17-3)10(7-9)14(15)16/h5-8,12H,4,13H2,1-3H3/t8?,12-/m0/s1. The molecule has 2 atom stereocenters. The van der Waals surface area contributed by atoms with Crippen LogP contribution in [0.3, 0.4) is 0 Å². The molecule has 1 unspecified atom stereocenters. The van der Waals surface area contributed by atoms with Crippen molar-refractivity contribution in [3.8, 4) is 5.75 Å². The monoisotopic (exact) mass is 238 g/mol. The van der Waals surface area contributed by atoms with Crippen molar-refractivity contribution in [1.29, 1.82) is 0 Å². The number of nitrogens with zero attached hydrogens (tertiary/aromatic N) is 1. The highest BCUT2D eigenvalue weighted by Crippen LogP contribution is 2.31. The van der Waals surface area contributed by atoms with Crippen LogP contribution in [0, 0.1) is 16.0 Å². The van der Waals surface area contributed by atoms with Gasteiger partial charge in [-0.05, 0) is 17.5 Å². The third kappa shape index (κ3) is 2.94. The second kappa shape index (κ2) is 5.63. The van der Waals surface area contributed by atoms with Crippen molar-refractivity contribution in [2.45, 2.75) is 26.3 Å². The SMILES string of the molecule is CCC(C)[C@H](N)c1ccc(OC)c([N+](=O)[O-])c1. The van der Waals surface area contributed by atoms with Crippen LogP contribution >= 0.6 is 0 Å². The van der Waals surface area contributed by atoms with Gasteiger partial charge in [-0.1, -0.05) is 26.3 Å². The van der Waals surface area contributed by atoms with Crippen molar-refractivity contribution in [1.82, 2.24) is 0 Å². The predicted octanol–water partition coefficient (Wildman–Crippen LogP) is 2.65. The molecular weight excluding hydrogens is 220 g/mol. The Morgan fingerprint density at radius 3 is 2.65 bits per heavy atom. The molecule has 0 aliphatic carbocycles. The molecule has 0 aliphatic heterocycles. The van der Waals surface area contributed by atoms with E-state index in [1.807, 2.05) is 13.8 Å². The third-order valence-electron chi connectivity index (χ3n) is 3.04. The van der Waals surface area contributed by atoms with Gasteiger partial charge in [-0.25, -0.2) is 0 Å². The van der Waals surface area contributed by atoms with Crippen molar-refractivity contribution >= 4 is 5.69 Å². The van der Waals surface area contributed by atoms with Gasteiger partial charge in [-0.3, -0.25) is 10.1 Å². The lowest BCUT2D eigenvalue weighted by Gasteiger charge is -2.18. The van der Waals surface area contributed by atoms with E-state index < -0.39 is 4.92 Å². The van der Waals surface area contributed by atoms with Crippen molar-refractivity contribution < 1.29 is 9.66 Å². The van der Waals surface area contributed by atoms with Gasteiger partial charge in [0.2, 0.25) is 0 Å². The number of hydrogen-bond acceptors (Lipinski definition) is 4. The van der Waals surface area contributed by atoms with Crippen molar-refractivity contribution in [3.05, 3.63) is 33.9 Å². The highest BCUT2D eigenvalue weighted by Gasteiger charge is 2.20. The fraction of sp³-hybridized carbons (Fsp3) is 0.500. The molecule has 5 nitrogen and oxygen atoms in total. The van der Waals surface area contributed by atoms with E-state index >= 15 is 0 Å². The zero-order valence-corrected chi connectivity index (χ0v) is 10.3. The Morgan fingerprint density at radius 2 is 2.18 bits per heavy atom. The highest BCUT2D eigenvalue weighted by atomic mass is 16.6. The number of benzene rings is 1. The Hall–Kier alpha value is -1.62. The Bertz CT molecular complexity index is 407. The zero-order chi connectivity index (χ0) is 13.0. The van der Waals surface area contributed by atoms with E-state index in [2.05, 4.69) is 0 Å². The molecule has 1 aromatic rings. The summed E-state index contributed by atoms with van der Waals surface area (Å²) in [5, 5.41) is 10.9. The van der Waals surface area contributed by atoms with Gasteiger partial charge >= 0.3 is 5.69 Å². The average Bonchev–Trinajstić information content (AvgIpc) is 2.35. The second-order valence-electron chi connectivity index (χ2n) is 4.10. The molecule has 94 valence electrons. The van der Waals surface area contributed by atoms with Gasteiger partial charge < -0.3 is 10.5 Å². The largest absolute Gasteiger partial charge is 0.490 e. The van der Waals surface area contributed by atoms with E-state index in [1.54, 1.807) is 12.1 Å². The van der Waals surface area contributed by atoms with E-state index in [0.717, 1.165) is 12.0 Å². The van der Waals surface area contributed by atoms with Crippen molar-refractivity contribution in [2.24, 2.45) is 11.7 Å². The number of nitrogens with two attached hydrogens (primary N) is 1. The number of nitro benzene ring substituents is 1. The van der Waals surface area contributed by atoms with Crippen LogP contribution in [0.2, 0.25) is 0 Å². The van der Waals surface area contributed by atoms with Gasteiger partial charge in [0.25, 0.3) is 0 Å². The van der Waals surface area contributed by atoms with Crippen LogP contribution in [-0.4, -0.2) is 12.0 Å². The second-order valence-corrected chi connectivity index (χ2v) is 4.10. The lowest BCUT2D eigenvalue weighted by Crippen LogP contribution is -2.18.